The summed E-state index contributed by atoms with van der Waals surface area (Å²) in [5.41, 5.74) is 0. The van der Waals surface area contributed by atoms with Crippen LogP contribution in [0.5, 0.6) is 0 Å². The SMILES string of the molecule is CCC=O.OB(O)O. The van der Waals surface area contributed by atoms with Crippen molar-refractivity contribution in [2.75, 3.05) is 0 Å². The summed E-state index contributed by atoms with van der Waals surface area (Å²) in [7, 11) is -2.17. The Labute approximate surface area is 47.9 Å². The van der Waals surface area contributed by atoms with E-state index in [1.807, 2.05) is 6.92 Å². The van der Waals surface area contributed by atoms with Crippen molar-refractivity contribution < 1.29 is 19.9 Å². The summed E-state index contributed by atoms with van der Waals surface area (Å²) < 4.78 is 0. The molecule has 0 atom stereocenters. The first-order chi connectivity index (χ1) is 3.65. The standard InChI is InChI=1S/C3H6O.BH3O3/c1-2-3-4;2-1(3)4/h3H,2H2,1H3;2-4H. The number of rotatable bonds is 1. The summed E-state index contributed by atoms with van der Waals surface area (Å²) in [5.74, 6) is 0. The predicted octanol–water partition coefficient (Wildman–Crippen LogP) is -1.46. The molecule has 0 saturated carbocycles. The molecule has 8 heavy (non-hydrogen) atoms. The van der Waals surface area contributed by atoms with Gasteiger partial charge in [-0.1, -0.05) is 6.92 Å². The van der Waals surface area contributed by atoms with Gasteiger partial charge in [0.25, 0.3) is 0 Å². The zero-order valence-electron chi connectivity index (χ0n) is 4.61. The first-order valence-corrected chi connectivity index (χ1v) is 2.13. The van der Waals surface area contributed by atoms with Gasteiger partial charge >= 0.3 is 7.32 Å². The molecule has 0 saturated heterocycles. The van der Waals surface area contributed by atoms with Gasteiger partial charge in [-0.3, -0.25) is 0 Å². The number of carbonyl (C=O) groups is 1. The lowest BCUT2D eigenvalue weighted by Gasteiger charge is -1.69. The van der Waals surface area contributed by atoms with Crippen LogP contribution in [0, 0.1) is 0 Å². The highest BCUT2D eigenvalue weighted by atomic mass is 16.5. The highest BCUT2D eigenvalue weighted by molar-refractivity contribution is 6.30. The number of hydrogen-bond donors (Lipinski definition) is 3. The van der Waals surface area contributed by atoms with Gasteiger partial charge in [-0.25, -0.2) is 0 Å². The molecule has 48 valence electrons. The minimum absolute atomic E-state index is 0.639. The average molecular weight is 120 g/mol. The van der Waals surface area contributed by atoms with Crippen molar-refractivity contribution in [1.82, 2.24) is 0 Å². The van der Waals surface area contributed by atoms with Crippen molar-refractivity contribution in [2.45, 2.75) is 13.3 Å². The number of hydrogen-bond acceptors (Lipinski definition) is 4. The van der Waals surface area contributed by atoms with E-state index in [0.29, 0.717) is 6.42 Å². The minimum Gasteiger partial charge on any atom is -0.402 e. The van der Waals surface area contributed by atoms with Crippen LogP contribution in [0.15, 0.2) is 0 Å². The van der Waals surface area contributed by atoms with E-state index in [9.17, 15) is 4.79 Å². The van der Waals surface area contributed by atoms with Gasteiger partial charge in [0.1, 0.15) is 6.29 Å². The lowest BCUT2D eigenvalue weighted by Crippen LogP contribution is -2.07. The van der Waals surface area contributed by atoms with E-state index in [0.717, 1.165) is 6.29 Å². The van der Waals surface area contributed by atoms with Crippen LogP contribution in [0.2, 0.25) is 0 Å². The summed E-state index contributed by atoms with van der Waals surface area (Å²) >= 11 is 0. The third-order valence-corrected chi connectivity index (χ3v) is 0.167. The van der Waals surface area contributed by atoms with E-state index in [2.05, 4.69) is 0 Å². The fourth-order valence-electron chi connectivity index (χ4n) is 0. The molecule has 0 unspecified atom stereocenters. The molecule has 3 N–H and O–H groups in total. The second-order valence-electron chi connectivity index (χ2n) is 0.921. The lowest BCUT2D eigenvalue weighted by molar-refractivity contribution is -0.107. The molecule has 0 radical (unpaired) electrons. The highest BCUT2D eigenvalue weighted by Crippen LogP contribution is 1.53. The zero-order chi connectivity index (χ0) is 6.99. The normalized spacial score (nSPS) is 6.50. The van der Waals surface area contributed by atoms with Crippen LogP contribution in [0.4, 0.5) is 0 Å². The Kier molecular flexibility index (Phi) is 12.9. The molecule has 0 amide bonds. The molecule has 0 bridgehead atoms. The van der Waals surface area contributed by atoms with Crippen LogP contribution in [0.3, 0.4) is 0 Å². The Bertz CT molecular complexity index is 43.8. The Morgan fingerprint density at radius 2 is 1.62 bits per heavy atom. The smallest absolute Gasteiger partial charge is 0.402 e. The Morgan fingerprint density at radius 3 is 1.62 bits per heavy atom. The van der Waals surface area contributed by atoms with Crippen LogP contribution >= 0.6 is 0 Å². The predicted molar refractivity (Wildman–Crippen MR) is 28.8 cm³/mol. The van der Waals surface area contributed by atoms with Crippen molar-refractivity contribution in [3.63, 3.8) is 0 Å². The maximum absolute atomic E-state index is 9.17. The third kappa shape index (κ3) is 316. The second-order valence-corrected chi connectivity index (χ2v) is 0.921. The molecule has 0 aliphatic carbocycles. The van der Waals surface area contributed by atoms with Crippen LogP contribution in [-0.2, 0) is 4.79 Å². The van der Waals surface area contributed by atoms with Gasteiger partial charge in [0.05, 0.1) is 0 Å². The molecule has 0 rings (SSSR count). The fraction of sp³-hybridized carbons (Fsp3) is 0.667. The van der Waals surface area contributed by atoms with Crippen LogP contribution < -0.4 is 0 Å². The van der Waals surface area contributed by atoms with Gasteiger partial charge in [-0.2, -0.15) is 0 Å². The van der Waals surface area contributed by atoms with E-state index < -0.39 is 7.32 Å². The molecule has 4 nitrogen and oxygen atoms in total. The van der Waals surface area contributed by atoms with E-state index >= 15 is 0 Å². The maximum atomic E-state index is 9.17. The Hall–Kier alpha value is -0.385. The molecule has 0 heterocycles. The highest BCUT2D eigenvalue weighted by Gasteiger charge is 1.92. The molecule has 0 aromatic rings. The maximum Gasteiger partial charge on any atom is 0.631 e. The van der Waals surface area contributed by atoms with Gasteiger partial charge in [-0.15, -0.1) is 0 Å². The van der Waals surface area contributed by atoms with E-state index in [1.165, 1.54) is 0 Å². The van der Waals surface area contributed by atoms with Crippen LogP contribution in [0.25, 0.3) is 0 Å². The van der Waals surface area contributed by atoms with E-state index in [4.69, 9.17) is 15.1 Å². The largest absolute Gasteiger partial charge is 0.631 e. The quantitative estimate of drug-likeness (QED) is 0.292. The Balaban J connectivity index is 0. The number of aldehydes is 1. The summed E-state index contributed by atoms with van der Waals surface area (Å²) in [5, 5.41) is 21.5. The first-order valence-electron chi connectivity index (χ1n) is 2.13. The molecule has 0 aromatic carbocycles. The van der Waals surface area contributed by atoms with Gasteiger partial charge in [-0.05, 0) is 0 Å². The fourth-order valence-corrected chi connectivity index (χ4v) is 0. The molecular formula is C3H9BO4. The van der Waals surface area contributed by atoms with Gasteiger partial charge in [0.2, 0.25) is 0 Å². The molecule has 0 fully saturated rings. The van der Waals surface area contributed by atoms with Gasteiger partial charge < -0.3 is 19.9 Å². The summed E-state index contributed by atoms with van der Waals surface area (Å²) in [4.78, 5) is 9.17. The molecule has 0 aliphatic heterocycles. The second kappa shape index (κ2) is 9.79. The molecule has 0 spiro atoms. The van der Waals surface area contributed by atoms with Crippen LogP contribution in [0.1, 0.15) is 13.3 Å². The summed E-state index contributed by atoms with van der Waals surface area (Å²) in [6, 6.07) is 0. The van der Waals surface area contributed by atoms with Crippen molar-refractivity contribution in [3.8, 4) is 0 Å². The molecule has 0 aromatic heterocycles. The third-order valence-electron chi connectivity index (χ3n) is 0.167. The van der Waals surface area contributed by atoms with Crippen molar-refractivity contribution in [2.24, 2.45) is 0 Å². The molecule has 5 heteroatoms. The summed E-state index contributed by atoms with van der Waals surface area (Å²) in [6.07, 6.45) is 1.51. The van der Waals surface area contributed by atoms with Crippen molar-refractivity contribution in [1.29, 1.82) is 0 Å². The molecule has 0 aliphatic rings. The monoisotopic (exact) mass is 120 g/mol. The van der Waals surface area contributed by atoms with Crippen LogP contribution in [-0.4, -0.2) is 28.7 Å². The Morgan fingerprint density at radius 1 is 1.50 bits per heavy atom. The van der Waals surface area contributed by atoms with Gasteiger partial charge in [0.15, 0.2) is 0 Å². The lowest BCUT2D eigenvalue weighted by atomic mass is 10.3. The minimum atomic E-state index is -2.17. The van der Waals surface area contributed by atoms with Gasteiger partial charge in [0, 0.05) is 6.42 Å². The topological polar surface area (TPSA) is 77.8 Å². The van der Waals surface area contributed by atoms with E-state index in [-0.39, 0.29) is 0 Å². The van der Waals surface area contributed by atoms with Crippen molar-refractivity contribution in [3.05, 3.63) is 0 Å². The average Bonchev–Trinajstić information content (AvgIpc) is 1.65. The summed E-state index contributed by atoms with van der Waals surface area (Å²) in [6.45, 7) is 1.81. The number of carbonyl (C=O) groups excluding carboxylic acids is 1. The first kappa shape index (κ1) is 10.6. The van der Waals surface area contributed by atoms with E-state index in [1.54, 1.807) is 0 Å². The molecular weight excluding hydrogens is 111 g/mol. The zero-order valence-corrected chi connectivity index (χ0v) is 4.61. The van der Waals surface area contributed by atoms with Crippen molar-refractivity contribution >= 4 is 13.6 Å².